The summed E-state index contributed by atoms with van der Waals surface area (Å²) in [7, 11) is 1.56. The van der Waals surface area contributed by atoms with Crippen molar-refractivity contribution in [2.24, 2.45) is 0 Å². The van der Waals surface area contributed by atoms with Crippen LogP contribution in [0.15, 0.2) is 60.7 Å². The molecule has 1 aliphatic heterocycles. The van der Waals surface area contributed by atoms with Gasteiger partial charge in [-0.05, 0) is 30.7 Å². The van der Waals surface area contributed by atoms with E-state index in [1.54, 1.807) is 18.0 Å². The Labute approximate surface area is 189 Å². The van der Waals surface area contributed by atoms with Crippen LogP contribution in [0.4, 0.5) is 5.69 Å². The van der Waals surface area contributed by atoms with Crippen LogP contribution in [-0.4, -0.2) is 41.3 Å². The summed E-state index contributed by atoms with van der Waals surface area (Å²) in [6.07, 6.45) is -0.761. The summed E-state index contributed by atoms with van der Waals surface area (Å²) in [5, 5.41) is 8.25. The van der Waals surface area contributed by atoms with Crippen LogP contribution in [0, 0.1) is 6.92 Å². The van der Waals surface area contributed by atoms with Gasteiger partial charge in [0, 0.05) is 12.4 Å². The maximum Gasteiger partial charge on any atom is 0.268 e. The second kappa shape index (κ2) is 8.12. The van der Waals surface area contributed by atoms with Crippen LogP contribution in [0.2, 0.25) is 0 Å². The minimum absolute atomic E-state index is 0.151. The number of likely N-dealkylation sites (N-methyl/N-ethyl adjacent to an activating group) is 1. The van der Waals surface area contributed by atoms with Crippen molar-refractivity contribution in [1.29, 1.82) is 0 Å². The van der Waals surface area contributed by atoms with Crippen molar-refractivity contribution in [2.45, 2.75) is 19.6 Å². The summed E-state index contributed by atoms with van der Waals surface area (Å²) in [5.41, 5.74) is 2.70. The first kappa shape index (κ1) is 20.3. The highest BCUT2D eigenvalue weighted by Crippen LogP contribution is 2.36. The normalized spacial score (nSPS) is 15.3. The smallest absolute Gasteiger partial charge is 0.268 e. The average Bonchev–Trinajstić information content (AvgIpc) is 3.39. The molecule has 5 rings (SSSR count). The van der Waals surface area contributed by atoms with E-state index in [9.17, 15) is 9.59 Å². The Balaban J connectivity index is 1.50. The monoisotopic (exact) mass is 446 g/mol. The second-order valence-corrected chi connectivity index (χ2v) is 8.69. The molecule has 4 aromatic rings. The van der Waals surface area contributed by atoms with Gasteiger partial charge in [-0.2, -0.15) is 5.10 Å². The molecule has 1 N–H and O–H groups in total. The highest BCUT2D eigenvalue weighted by atomic mass is 32.1. The minimum Gasteiger partial charge on any atom is -0.477 e. The number of fused-ring (bicyclic) bond motifs is 2. The lowest BCUT2D eigenvalue weighted by atomic mass is 10.1. The maximum atomic E-state index is 13.6. The highest BCUT2D eigenvalue weighted by molar-refractivity contribution is 7.20. The lowest BCUT2D eigenvalue weighted by molar-refractivity contribution is -0.127. The number of thiophene rings is 1. The summed E-state index contributed by atoms with van der Waals surface area (Å²) in [6.45, 7) is 2.74. The number of aromatic nitrogens is 2. The van der Waals surface area contributed by atoms with Crippen LogP contribution in [0.1, 0.15) is 20.9 Å². The third kappa shape index (κ3) is 3.52. The van der Waals surface area contributed by atoms with Crippen molar-refractivity contribution in [1.82, 2.24) is 15.1 Å². The average molecular weight is 447 g/mol. The quantitative estimate of drug-likeness (QED) is 0.520. The Morgan fingerprint density at radius 1 is 1.16 bits per heavy atom. The molecule has 0 fully saturated rings. The summed E-state index contributed by atoms with van der Waals surface area (Å²) in [4.78, 5) is 29.0. The van der Waals surface area contributed by atoms with Crippen molar-refractivity contribution in [2.75, 3.05) is 18.5 Å². The van der Waals surface area contributed by atoms with E-state index in [2.05, 4.69) is 22.5 Å². The Bertz CT molecular complexity index is 1310. The largest absolute Gasteiger partial charge is 0.477 e. The van der Waals surface area contributed by atoms with Crippen LogP contribution in [0.25, 0.3) is 10.2 Å². The molecule has 0 radical (unpaired) electrons. The number of hydrogen-bond donors (Lipinski definition) is 1. The molecule has 3 heterocycles. The van der Waals surface area contributed by atoms with E-state index in [4.69, 9.17) is 4.74 Å². The number of nitrogens with one attached hydrogen (secondary N) is 1. The number of rotatable bonds is 4. The Kier molecular flexibility index (Phi) is 5.14. The molecule has 1 atom stereocenters. The summed E-state index contributed by atoms with van der Waals surface area (Å²) < 4.78 is 7.78. The fourth-order valence-electron chi connectivity index (χ4n) is 3.94. The fourth-order valence-corrected chi connectivity index (χ4v) is 5.05. The highest BCUT2D eigenvalue weighted by Gasteiger charge is 2.34. The lowest BCUT2D eigenvalue weighted by Gasteiger charge is -2.33. The van der Waals surface area contributed by atoms with Gasteiger partial charge in [-0.1, -0.05) is 42.5 Å². The standard InChI is InChI=1S/C24H22N4O3S/c1-15-17-12-21(32-24(17)28(26-15)13-16-8-4-3-5-9-16)23(30)27-14-20(22(29)25-2)31-19-11-7-6-10-18(19)27/h3-12,20H,13-14H2,1-2H3,(H,25,29). The summed E-state index contributed by atoms with van der Waals surface area (Å²) >= 11 is 1.42. The molecule has 2 amide bonds. The topological polar surface area (TPSA) is 76.5 Å². The van der Waals surface area contributed by atoms with Gasteiger partial charge in [-0.25, -0.2) is 0 Å². The third-order valence-electron chi connectivity index (χ3n) is 5.55. The number of anilines is 1. The molecule has 32 heavy (non-hydrogen) atoms. The van der Waals surface area contributed by atoms with Gasteiger partial charge in [0.2, 0.25) is 0 Å². The molecule has 162 valence electrons. The minimum atomic E-state index is -0.761. The zero-order valence-electron chi connectivity index (χ0n) is 17.7. The number of ether oxygens (including phenoxy) is 1. The Morgan fingerprint density at radius 2 is 1.91 bits per heavy atom. The molecular formula is C24H22N4O3S. The predicted octanol–water partition coefficient (Wildman–Crippen LogP) is 3.61. The van der Waals surface area contributed by atoms with Crippen molar-refractivity contribution in [3.63, 3.8) is 0 Å². The maximum absolute atomic E-state index is 13.6. The fraction of sp³-hybridized carbons (Fsp3) is 0.208. The van der Waals surface area contributed by atoms with Crippen LogP contribution < -0.4 is 15.0 Å². The lowest BCUT2D eigenvalue weighted by Crippen LogP contribution is -2.50. The molecule has 0 saturated heterocycles. The summed E-state index contributed by atoms with van der Waals surface area (Å²) in [5.74, 6) is 0.109. The van der Waals surface area contributed by atoms with Crippen LogP contribution in [0.5, 0.6) is 5.75 Å². The first-order valence-corrected chi connectivity index (χ1v) is 11.2. The van der Waals surface area contributed by atoms with Crippen LogP contribution >= 0.6 is 11.3 Å². The molecule has 2 aromatic heterocycles. The van der Waals surface area contributed by atoms with Gasteiger partial charge < -0.3 is 10.1 Å². The number of para-hydroxylation sites is 2. The first-order valence-electron chi connectivity index (χ1n) is 10.3. The van der Waals surface area contributed by atoms with E-state index < -0.39 is 6.10 Å². The molecule has 7 nitrogen and oxygen atoms in total. The van der Waals surface area contributed by atoms with E-state index in [0.29, 0.717) is 22.9 Å². The SMILES string of the molecule is CNC(=O)C1CN(C(=O)c2cc3c(C)nn(Cc4ccccc4)c3s2)c2ccccc2O1. The number of nitrogens with zero attached hydrogens (tertiary/aromatic N) is 3. The molecule has 2 aromatic carbocycles. The predicted molar refractivity (Wildman–Crippen MR) is 124 cm³/mol. The molecule has 0 spiro atoms. The van der Waals surface area contributed by atoms with Gasteiger partial charge in [0.1, 0.15) is 10.6 Å². The van der Waals surface area contributed by atoms with E-state index in [-0.39, 0.29) is 18.4 Å². The summed E-state index contributed by atoms with van der Waals surface area (Å²) in [6, 6.07) is 19.3. The third-order valence-corrected chi connectivity index (χ3v) is 6.69. The Hall–Kier alpha value is -3.65. The number of amides is 2. The Morgan fingerprint density at radius 3 is 2.69 bits per heavy atom. The van der Waals surface area contributed by atoms with Crippen LogP contribution in [0.3, 0.4) is 0 Å². The van der Waals surface area contributed by atoms with Gasteiger partial charge in [-0.15, -0.1) is 11.3 Å². The first-order chi connectivity index (χ1) is 15.5. The molecule has 0 aliphatic carbocycles. The number of hydrogen-bond acceptors (Lipinski definition) is 5. The van der Waals surface area contributed by atoms with Gasteiger partial charge in [0.05, 0.1) is 29.3 Å². The number of aryl methyl sites for hydroxylation is 1. The molecule has 8 heteroatoms. The molecule has 0 bridgehead atoms. The van der Waals surface area contributed by atoms with Crippen molar-refractivity contribution in [3.8, 4) is 5.75 Å². The molecule has 1 aliphatic rings. The van der Waals surface area contributed by atoms with E-state index >= 15 is 0 Å². The van der Waals surface area contributed by atoms with Gasteiger partial charge >= 0.3 is 0 Å². The van der Waals surface area contributed by atoms with Crippen LogP contribution in [-0.2, 0) is 11.3 Å². The number of benzene rings is 2. The molecule has 1 unspecified atom stereocenters. The molecule has 0 saturated carbocycles. The van der Waals surface area contributed by atoms with E-state index in [0.717, 1.165) is 21.5 Å². The van der Waals surface area contributed by atoms with Gasteiger partial charge in [0.15, 0.2) is 6.10 Å². The van der Waals surface area contributed by atoms with E-state index in [1.807, 2.05) is 54.1 Å². The number of carbonyl (C=O) groups is 2. The van der Waals surface area contributed by atoms with Crippen molar-refractivity contribution in [3.05, 3.63) is 76.8 Å². The van der Waals surface area contributed by atoms with Crippen molar-refractivity contribution < 1.29 is 14.3 Å². The zero-order valence-corrected chi connectivity index (χ0v) is 18.6. The zero-order chi connectivity index (χ0) is 22.2. The van der Waals surface area contributed by atoms with Crippen molar-refractivity contribution >= 4 is 39.1 Å². The number of carbonyl (C=O) groups excluding carboxylic acids is 2. The van der Waals surface area contributed by atoms with Gasteiger partial charge in [0.25, 0.3) is 11.8 Å². The van der Waals surface area contributed by atoms with Gasteiger partial charge in [-0.3, -0.25) is 19.2 Å². The van der Waals surface area contributed by atoms with E-state index in [1.165, 1.54) is 11.3 Å². The second-order valence-electron chi connectivity index (χ2n) is 7.66. The molecular weight excluding hydrogens is 424 g/mol.